The van der Waals surface area contributed by atoms with E-state index in [-0.39, 0.29) is 23.9 Å². The second kappa shape index (κ2) is 6.77. The number of anilines is 1. The maximum atomic E-state index is 10.8. The molecule has 98 valence electrons. The summed E-state index contributed by atoms with van der Waals surface area (Å²) in [5.41, 5.74) is 0.170. The summed E-state index contributed by atoms with van der Waals surface area (Å²) in [6.45, 7) is -0.00771. The van der Waals surface area contributed by atoms with E-state index in [0.717, 1.165) is 0 Å². The number of rotatable bonds is 7. The van der Waals surface area contributed by atoms with E-state index in [1.54, 1.807) is 0 Å². The third-order valence-electron chi connectivity index (χ3n) is 1.94. The van der Waals surface area contributed by atoms with E-state index < -0.39 is 17.5 Å². The molecule has 0 spiro atoms. The van der Waals surface area contributed by atoms with Crippen LogP contribution < -0.4 is 5.32 Å². The van der Waals surface area contributed by atoms with Crippen LogP contribution in [0, 0.1) is 10.1 Å². The van der Waals surface area contributed by atoms with Crippen molar-refractivity contribution in [3.8, 4) is 0 Å². The van der Waals surface area contributed by atoms with Crippen molar-refractivity contribution in [2.75, 3.05) is 25.1 Å². The fourth-order valence-electron chi connectivity index (χ4n) is 1.22. The summed E-state index contributed by atoms with van der Waals surface area (Å²) in [6, 6.07) is 4.24. The van der Waals surface area contributed by atoms with E-state index in [1.807, 2.05) is 0 Å². The largest absolute Gasteiger partial charge is 0.480 e. The number of hydrogen-bond acceptors (Lipinski definition) is 5. The molecule has 0 saturated carbocycles. The number of aliphatic carboxylic acids is 1. The zero-order valence-corrected chi connectivity index (χ0v) is 10.0. The average molecular weight is 275 g/mol. The third kappa shape index (κ3) is 4.56. The molecule has 18 heavy (non-hydrogen) atoms. The number of carboxylic acid groups (broad SMARTS) is 1. The lowest BCUT2D eigenvalue weighted by molar-refractivity contribution is -0.383. The Morgan fingerprint density at radius 1 is 1.56 bits per heavy atom. The fraction of sp³-hybridized carbons (Fsp3) is 0.300. The number of nitro benzene ring substituents is 1. The number of benzene rings is 1. The molecule has 0 heterocycles. The van der Waals surface area contributed by atoms with Gasteiger partial charge >= 0.3 is 5.97 Å². The highest BCUT2D eigenvalue weighted by Crippen LogP contribution is 2.27. The molecule has 1 aromatic rings. The average Bonchev–Trinajstić information content (AvgIpc) is 2.29. The highest BCUT2D eigenvalue weighted by molar-refractivity contribution is 6.30. The first-order chi connectivity index (χ1) is 8.50. The van der Waals surface area contributed by atoms with Crippen molar-refractivity contribution >= 4 is 28.9 Å². The topological polar surface area (TPSA) is 102 Å². The summed E-state index contributed by atoms with van der Waals surface area (Å²) in [4.78, 5) is 20.4. The molecule has 0 radical (unpaired) electrons. The van der Waals surface area contributed by atoms with Gasteiger partial charge in [0, 0.05) is 17.6 Å². The second-order valence-electron chi connectivity index (χ2n) is 3.29. The van der Waals surface area contributed by atoms with Gasteiger partial charge in [-0.15, -0.1) is 0 Å². The number of halogens is 1. The van der Waals surface area contributed by atoms with E-state index in [9.17, 15) is 14.9 Å². The monoisotopic (exact) mass is 274 g/mol. The minimum Gasteiger partial charge on any atom is -0.480 e. The van der Waals surface area contributed by atoms with Gasteiger partial charge in [0.05, 0.1) is 11.5 Å². The molecule has 7 nitrogen and oxygen atoms in total. The molecule has 0 aromatic heterocycles. The number of carboxylic acids is 1. The van der Waals surface area contributed by atoms with Gasteiger partial charge in [-0.2, -0.15) is 0 Å². The van der Waals surface area contributed by atoms with Gasteiger partial charge in [-0.3, -0.25) is 10.1 Å². The molecule has 0 aliphatic rings. The molecule has 0 saturated heterocycles. The van der Waals surface area contributed by atoms with Crippen LogP contribution in [0.2, 0.25) is 5.02 Å². The Labute approximate surface area is 107 Å². The highest BCUT2D eigenvalue weighted by atomic mass is 35.5. The highest BCUT2D eigenvalue weighted by Gasteiger charge is 2.13. The maximum Gasteiger partial charge on any atom is 0.329 e. The second-order valence-corrected chi connectivity index (χ2v) is 3.73. The minimum absolute atomic E-state index is 0.131. The van der Waals surface area contributed by atoms with Crippen LogP contribution in [0.15, 0.2) is 18.2 Å². The van der Waals surface area contributed by atoms with Gasteiger partial charge < -0.3 is 15.2 Å². The molecule has 0 aliphatic carbocycles. The first-order valence-electron chi connectivity index (χ1n) is 4.98. The van der Waals surface area contributed by atoms with Crippen LogP contribution in [0.25, 0.3) is 0 Å². The predicted octanol–water partition coefficient (Wildman–Crippen LogP) is 1.76. The van der Waals surface area contributed by atoms with Crippen LogP contribution in [0.3, 0.4) is 0 Å². The Morgan fingerprint density at radius 3 is 2.89 bits per heavy atom. The summed E-state index contributed by atoms with van der Waals surface area (Å²) in [7, 11) is 0. The van der Waals surface area contributed by atoms with Gasteiger partial charge in [-0.1, -0.05) is 11.6 Å². The van der Waals surface area contributed by atoms with Crippen molar-refractivity contribution in [2.24, 2.45) is 0 Å². The van der Waals surface area contributed by atoms with Crippen LogP contribution in [0.5, 0.6) is 0 Å². The van der Waals surface area contributed by atoms with E-state index in [4.69, 9.17) is 21.4 Å². The fourth-order valence-corrected chi connectivity index (χ4v) is 1.39. The Balaban J connectivity index is 2.51. The van der Waals surface area contributed by atoms with Gasteiger partial charge in [0.2, 0.25) is 0 Å². The molecule has 8 heteroatoms. The molecule has 2 N–H and O–H groups in total. The number of carbonyl (C=O) groups is 1. The number of nitro groups is 1. The molecule has 0 fully saturated rings. The van der Waals surface area contributed by atoms with E-state index in [2.05, 4.69) is 5.32 Å². The molecule has 1 rings (SSSR count). The van der Waals surface area contributed by atoms with Gasteiger partial charge in [-0.25, -0.2) is 4.79 Å². The zero-order chi connectivity index (χ0) is 13.5. The summed E-state index contributed by atoms with van der Waals surface area (Å²) < 4.78 is 4.78. The number of ether oxygens (including phenoxy) is 1. The first kappa shape index (κ1) is 14.2. The summed E-state index contributed by atoms with van der Waals surface area (Å²) >= 11 is 5.66. The van der Waals surface area contributed by atoms with Crippen LogP contribution in [0.1, 0.15) is 0 Å². The molecular formula is C10H11ClN2O5. The SMILES string of the molecule is O=C(O)COCCNc1ccc(Cl)cc1[N+](=O)[O-]. The predicted molar refractivity (Wildman–Crippen MR) is 65.1 cm³/mol. The van der Waals surface area contributed by atoms with Gasteiger partial charge in [0.1, 0.15) is 12.3 Å². The lowest BCUT2D eigenvalue weighted by Crippen LogP contribution is -2.14. The lowest BCUT2D eigenvalue weighted by Gasteiger charge is -2.07. The molecule has 0 aliphatic heterocycles. The van der Waals surface area contributed by atoms with E-state index in [0.29, 0.717) is 5.69 Å². The maximum absolute atomic E-state index is 10.8. The minimum atomic E-state index is -1.06. The van der Waals surface area contributed by atoms with Gasteiger partial charge in [-0.05, 0) is 12.1 Å². The number of nitrogens with one attached hydrogen (secondary N) is 1. The Kier molecular flexibility index (Phi) is 5.34. The Bertz CT molecular complexity index is 452. The molecule has 0 unspecified atom stereocenters. The summed E-state index contributed by atoms with van der Waals surface area (Å²) in [5.74, 6) is -1.06. The normalized spacial score (nSPS) is 10.1. The number of nitrogens with zero attached hydrogens (tertiary/aromatic N) is 1. The standard InChI is InChI=1S/C10H11ClN2O5/c11-7-1-2-8(9(5-7)13(16)17)12-3-4-18-6-10(14)15/h1-2,5,12H,3-4,6H2,(H,14,15). The quantitative estimate of drug-likeness (QED) is 0.446. The Hall–Kier alpha value is -1.86. The molecular weight excluding hydrogens is 264 g/mol. The lowest BCUT2D eigenvalue weighted by atomic mass is 10.2. The van der Waals surface area contributed by atoms with Crippen molar-refractivity contribution in [3.05, 3.63) is 33.3 Å². The molecule has 0 atom stereocenters. The van der Waals surface area contributed by atoms with Crippen molar-refractivity contribution in [3.63, 3.8) is 0 Å². The van der Waals surface area contributed by atoms with Gasteiger partial charge in [0.15, 0.2) is 0 Å². The van der Waals surface area contributed by atoms with E-state index in [1.165, 1.54) is 18.2 Å². The van der Waals surface area contributed by atoms with Crippen molar-refractivity contribution in [2.45, 2.75) is 0 Å². The van der Waals surface area contributed by atoms with Crippen molar-refractivity contribution in [1.29, 1.82) is 0 Å². The van der Waals surface area contributed by atoms with Crippen LogP contribution >= 0.6 is 11.6 Å². The van der Waals surface area contributed by atoms with E-state index >= 15 is 0 Å². The summed E-state index contributed by atoms with van der Waals surface area (Å²) in [6.07, 6.45) is 0. The zero-order valence-electron chi connectivity index (χ0n) is 9.26. The smallest absolute Gasteiger partial charge is 0.329 e. The van der Waals surface area contributed by atoms with Crippen molar-refractivity contribution in [1.82, 2.24) is 0 Å². The Morgan fingerprint density at radius 2 is 2.28 bits per heavy atom. The van der Waals surface area contributed by atoms with Crippen molar-refractivity contribution < 1.29 is 19.6 Å². The first-order valence-corrected chi connectivity index (χ1v) is 5.36. The number of hydrogen-bond donors (Lipinski definition) is 2. The van der Waals surface area contributed by atoms with Crippen LogP contribution in [-0.2, 0) is 9.53 Å². The van der Waals surface area contributed by atoms with Crippen LogP contribution in [0.4, 0.5) is 11.4 Å². The third-order valence-corrected chi connectivity index (χ3v) is 2.18. The molecule has 0 amide bonds. The summed E-state index contributed by atoms with van der Waals surface area (Å²) in [5, 5.41) is 22.1. The molecule has 1 aromatic carbocycles. The van der Waals surface area contributed by atoms with Gasteiger partial charge in [0.25, 0.3) is 5.69 Å². The molecule has 0 bridgehead atoms. The van der Waals surface area contributed by atoms with Crippen LogP contribution in [-0.4, -0.2) is 35.8 Å².